The van der Waals surface area contributed by atoms with Crippen LogP contribution in [0.5, 0.6) is 0 Å². The van der Waals surface area contributed by atoms with Crippen LogP contribution in [0.25, 0.3) is 0 Å². The monoisotopic (exact) mass is 307 g/mol. The zero-order chi connectivity index (χ0) is 14.8. The molecule has 0 bridgehead atoms. The first-order valence-electron chi connectivity index (χ1n) is 7.11. The summed E-state index contributed by atoms with van der Waals surface area (Å²) in [7, 11) is 0. The average molecular weight is 307 g/mol. The van der Waals surface area contributed by atoms with E-state index in [0.717, 1.165) is 18.4 Å². The van der Waals surface area contributed by atoms with Crippen LogP contribution in [0.15, 0.2) is 28.3 Å². The van der Waals surface area contributed by atoms with Gasteiger partial charge in [-0.25, -0.2) is 9.07 Å². The summed E-state index contributed by atoms with van der Waals surface area (Å²) < 4.78 is 16.0. The summed E-state index contributed by atoms with van der Waals surface area (Å²) in [5.41, 5.74) is 0.937. The number of hydrogen-bond acceptors (Lipinski definition) is 5. The molecule has 1 heterocycles. The SMILES string of the molecule is CC(C)NCc1ccc(Sc2nnnn2C2CC2)c(F)c1. The first kappa shape index (κ1) is 14.5. The van der Waals surface area contributed by atoms with Gasteiger partial charge in [0.05, 0.1) is 10.9 Å². The highest BCUT2D eigenvalue weighted by Crippen LogP contribution is 2.38. The Labute approximate surface area is 127 Å². The smallest absolute Gasteiger partial charge is 0.214 e. The molecule has 2 aromatic rings. The minimum absolute atomic E-state index is 0.228. The molecule has 0 amide bonds. The normalized spacial score (nSPS) is 14.9. The van der Waals surface area contributed by atoms with Gasteiger partial charge in [-0.3, -0.25) is 0 Å². The molecule has 7 heteroatoms. The Morgan fingerprint density at radius 2 is 2.24 bits per heavy atom. The van der Waals surface area contributed by atoms with Crippen LogP contribution in [0, 0.1) is 5.82 Å². The van der Waals surface area contributed by atoms with E-state index in [1.165, 1.54) is 11.8 Å². The van der Waals surface area contributed by atoms with Crippen molar-refractivity contribution in [2.24, 2.45) is 0 Å². The van der Waals surface area contributed by atoms with Crippen molar-refractivity contribution in [3.8, 4) is 0 Å². The molecule has 1 aromatic heterocycles. The maximum absolute atomic E-state index is 14.2. The second-order valence-corrected chi connectivity index (χ2v) is 6.55. The van der Waals surface area contributed by atoms with Crippen LogP contribution in [0.3, 0.4) is 0 Å². The van der Waals surface area contributed by atoms with Crippen molar-refractivity contribution in [3.63, 3.8) is 0 Å². The molecule has 0 saturated heterocycles. The highest BCUT2D eigenvalue weighted by Gasteiger charge is 2.28. The molecule has 0 aliphatic heterocycles. The first-order chi connectivity index (χ1) is 10.1. The number of halogens is 1. The van der Waals surface area contributed by atoms with E-state index in [1.807, 2.05) is 6.07 Å². The van der Waals surface area contributed by atoms with Crippen molar-refractivity contribution in [1.82, 2.24) is 25.5 Å². The quantitative estimate of drug-likeness (QED) is 0.889. The summed E-state index contributed by atoms with van der Waals surface area (Å²) in [6.07, 6.45) is 2.20. The second-order valence-electron chi connectivity index (χ2n) is 5.54. The van der Waals surface area contributed by atoms with Gasteiger partial charge in [0.25, 0.3) is 0 Å². The Balaban J connectivity index is 1.72. The van der Waals surface area contributed by atoms with Crippen LogP contribution in [-0.4, -0.2) is 26.2 Å². The van der Waals surface area contributed by atoms with Gasteiger partial charge in [-0.05, 0) is 52.7 Å². The maximum Gasteiger partial charge on any atom is 0.214 e. The second kappa shape index (κ2) is 6.11. The molecule has 0 atom stereocenters. The molecule has 1 fully saturated rings. The largest absolute Gasteiger partial charge is 0.310 e. The van der Waals surface area contributed by atoms with Gasteiger partial charge in [0.1, 0.15) is 5.82 Å². The molecule has 3 rings (SSSR count). The lowest BCUT2D eigenvalue weighted by molar-refractivity contribution is 0.562. The van der Waals surface area contributed by atoms with Gasteiger partial charge < -0.3 is 5.32 Å². The molecule has 1 aliphatic rings. The number of rotatable bonds is 6. The van der Waals surface area contributed by atoms with Crippen LogP contribution in [0.2, 0.25) is 0 Å². The van der Waals surface area contributed by atoms with E-state index in [1.54, 1.807) is 16.8 Å². The molecule has 1 N–H and O–H groups in total. The third kappa shape index (κ3) is 3.59. The van der Waals surface area contributed by atoms with E-state index in [-0.39, 0.29) is 5.82 Å². The number of nitrogens with one attached hydrogen (secondary N) is 1. The van der Waals surface area contributed by atoms with Crippen molar-refractivity contribution in [3.05, 3.63) is 29.6 Å². The Bertz CT molecular complexity index is 624. The molecular weight excluding hydrogens is 289 g/mol. The van der Waals surface area contributed by atoms with E-state index in [2.05, 4.69) is 34.7 Å². The molecule has 112 valence electrons. The van der Waals surface area contributed by atoms with Gasteiger partial charge in [-0.15, -0.1) is 5.10 Å². The standard InChI is InChI=1S/C14H18FN5S/c1-9(2)16-8-10-3-6-13(12(15)7-10)21-14-17-18-19-20(14)11-4-5-11/h3,6-7,9,11,16H,4-5,8H2,1-2H3. The summed E-state index contributed by atoms with van der Waals surface area (Å²) in [6, 6.07) is 6.07. The molecule has 5 nitrogen and oxygen atoms in total. The number of hydrogen-bond donors (Lipinski definition) is 1. The molecule has 0 radical (unpaired) electrons. The summed E-state index contributed by atoms with van der Waals surface area (Å²) in [4.78, 5) is 0.556. The molecule has 1 aromatic carbocycles. The van der Waals surface area contributed by atoms with Crippen LogP contribution >= 0.6 is 11.8 Å². The van der Waals surface area contributed by atoms with Gasteiger partial charge >= 0.3 is 0 Å². The minimum Gasteiger partial charge on any atom is -0.310 e. The third-order valence-corrected chi connectivity index (χ3v) is 4.27. The van der Waals surface area contributed by atoms with Gasteiger partial charge in [-0.2, -0.15) is 0 Å². The van der Waals surface area contributed by atoms with E-state index < -0.39 is 0 Å². The number of nitrogens with zero attached hydrogens (tertiary/aromatic N) is 4. The van der Waals surface area contributed by atoms with Gasteiger partial charge in [0.2, 0.25) is 5.16 Å². The fraction of sp³-hybridized carbons (Fsp3) is 0.500. The van der Waals surface area contributed by atoms with E-state index >= 15 is 0 Å². The molecule has 0 spiro atoms. The lowest BCUT2D eigenvalue weighted by atomic mass is 10.2. The Hall–Kier alpha value is -1.47. The zero-order valence-corrected chi connectivity index (χ0v) is 12.9. The van der Waals surface area contributed by atoms with Gasteiger partial charge in [0.15, 0.2) is 0 Å². The Morgan fingerprint density at radius 1 is 1.43 bits per heavy atom. The van der Waals surface area contributed by atoms with E-state index in [9.17, 15) is 4.39 Å². The molecule has 21 heavy (non-hydrogen) atoms. The maximum atomic E-state index is 14.2. The van der Waals surface area contributed by atoms with Gasteiger partial charge in [0, 0.05) is 12.6 Å². The van der Waals surface area contributed by atoms with Crippen molar-refractivity contribution in [1.29, 1.82) is 0 Å². The van der Waals surface area contributed by atoms with Crippen molar-refractivity contribution in [2.75, 3.05) is 0 Å². The van der Waals surface area contributed by atoms with Crippen molar-refractivity contribution >= 4 is 11.8 Å². The molecule has 0 unspecified atom stereocenters. The predicted octanol–water partition coefficient (Wildman–Crippen LogP) is 2.80. The highest BCUT2D eigenvalue weighted by molar-refractivity contribution is 7.99. The minimum atomic E-state index is -0.228. The third-order valence-electron chi connectivity index (χ3n) is 3.27. The predicted molar refractivity (Wildman–Crippen MR) is 78.6 cm³/mol. The summed E-state index contributed by atoms with van der Waals surface area (Å²) in [5, 5.41) is 15.6. The van der Waals surface area contributed by atoms with E-state index in [4.69, 9.17) is 0 Å². The number of aromatic nitrogens is 4. The molecule has 1 aliphatic carbocycles. The molecular formula is C14H18FN5S. The fourth-order valence-corrected chi connectivity index (χ4v) is 2.80. The first-order valence-corrected chi connectivity index (χ1v) is 7.92. The van der Waals surface area contributed by atoms with Crippen molar-refractivity contribution in [2.45, 2.75) is 55.4 Å². The summed E-state index contributed by atoms with van der Waals surface area (Å²) in [5.74, 6) is -0.228. The average Bonchev–Trinajstić information content (AvgIpc) is 3.19. The number of benzene rings is 1. The summed E-state index contributed by atoms with van der Waals surface area (Å²) in [6.45, 7) is 4.80. The van der Waals surface area contributed by atoms with Crippen LogP contribution < -0.4 is 5.32 Å². The fourth-order valence-electron chi connectivity index (χ4n) is 1.96. The van der Waals surface area contributed by atoms with E-state index in [0.29, 0.717) is 28.7 Å². The summed E-state index contributed by atoms with van der Waals surface area (Å²) >= 11 is 1.28. The molecule has 1 saturated carbocycles. The number of tetrazole rings is 1. The van der Waals surface area contributed by atoms with Crippen LogP contribution in [0.4, 0.5) is 4.39 Å². The van der Waals surface area contributed by atoms with Crippen LogP contribution in [-0.2, 0) is 6.54 Å². The topological polar surface area (TPSA) is 55.6 Å². The lowest BCUT2D eigenvalue weighted by Gasteiger charge is -2.09. The van der Waals surface area contributed by atoms with Crippen molar-refractivity contribution < 1.29 is 4.39 Å². The Kier molecular flexibility index (Phi) is 4.21. The highest BCUT2D eigenvalue weighted by atomic mass is 32.2. The van der Waals surface area contributed by atoms with Crippen LogP contribution in [0.1, 0.15) is 38.3 Å². The lowest BCUT2D eigenvalue weighted by Crippen LogP contribution is -2.21. The van der Waals surface area contributed by atoms with Gasteiger partial charge in [-0.1, -0.05) is 19.9 Å². The zero-order valence-electron chi connectivity index (χ0n) is 12.1. The Morgan fingerprint density at radius 3 is 2.90 bits per heavy atom.